The molecule has 1 atom stereocenters. The Morgan fingerprint density at radius 3 is 2.30 bits per heavy atom. The Morgan fingerprint density at radius 1 is 1.26 bits per heavy atom. The van der Waals surface area contributed by atoms with E-state index in [1.165, 1.54) is 0 Å². The quantitative estimate of drug-likeness (QED) is 0.280. The molecule has 0 aliphatic carbocycles. The molecule has 0 spiro atoms. The summed E-state index contributed by atoms with van der Waals surface area (Å²) in [6.45, 7) is 8.59. The molecule has 0 aromatic carbocycles. The second kappa shape index (κ2) is 9.79. The Kier molecular flexibility index (Phi) is 8.35. The maximum absolute atomic E-state index is 12.7. The average Bonchev–Trinajstić information content (AvgIpc) is 2.48. The van der Waals surface area contributed by atoms with Crippen molar-refractivity contribution in [2.75, 3.05) is 23.9 Å². The number of hydrogen-bond donors (Lipinski definition) is 3. The van der Waals surface area contributed by atoms with E-state index in [4.69, 9.17) is 19.5 Å². The first-order valence-electron chi connectivity index (χ1n) is 8.29. The van der Waals surface area contributed by atoms with Crippen molar-refractivity contribution >= 4 is 25.0 Å². The highest BCUT2D eigenvalue weighted by atomic mass is 31.2. The van der Waals surface area contributed by atoms with Gasteiger partial charge in [0.1, 0.15) is 6.35 Å². The highest BCUT2D eigenvalue weighted by Gasteiger charge is 2.29. The molecule has 1 heterocycles. The number of nitrogens with one attached hydrogen (secondary N) is 2. The van der Waals surface area contributed by atoms with E-state index in [-0.39, 0.29) is 36.9 Å². The zero-order valence-electron chi connectivity index (χ0n) is 15.9. The summed E-state index contributed by atoms with van der Waals surface area (Å²) < 4.78 is 28.9. The normalized spacial score (nSPS) is 13.1. The van der Waals surface area contributed by atoms with Gasteiger partial charge in [0.25, 0.3) is 0 Å². The molecule has 1 aromatic heterocycles. The van der Waals surface area contributed by atoms with Gasteiger partial charge in [-0.15, -0.1) is 0 Å². The maximum atomic E-state index is 12.7. The molecule has 1 rings (SSSR count). The molecule has 1 aromatic rings. The van der Waals surface area contributed by atoms with Gasteiger partial charge in [-0.05, 0) is 34.6 Å². The number of aromatic nitrogens is 2. The standard InChI is InChI=1S/C14H26N5O7P/c1-8(2)25-27(23,26-9(3)4)7-24-10(5)6-16-12-11(19(21)22)13(20)18-14(15)17-12/h8-10H,6-7H2,1-5H3,(H4,15,16,17,18,20)/t10-/m0/s1. The third kappa shape index (κ3) is 7.63. The molecule has 0 bridgehead atoms. The molecule has 12 nitrogen and oxygen atoms in total. The molecular weight excluding hydrogens is 381 g/mol. The molecule has 0 saturated carbocycles. The predicted molar refractivity (Wildman–Crippen MR) is 99.9 cm³/mol. The highest BCUT2D eigenvalue weighted by Crippen LogP contribution is 2.50. The molecule has 27 heavy (non-hydrogen) atoms. The van der Waals surface area contributed by atoms with Gasteiger partial charge in [0.05, 0.1) is 23.2 Å². The van der Waals surface area contributed by atoms with Crippen molar-refractivity contribution in [2.45, 2.75) is 52.9 Å². The number of aromatic amines is 1. The number of ether oxygens (including phenoxy) is 1. The van der Waals surface area contributed by atoms with E-state index >= 15 is 0 Å². The fourth-order valence-corrected chi connectivity index (χ4v) is 3.92. The number of nitro groups is 1. The van der Waals surface area contributed by atoms with Gasteiger partial charge < -0.3 is 24.8 Å². The molecule has 13 heteroatoms. The summed E-state index contributed by atoms with van der Waals surface area (Å²) in [4.78, 5) is 27.6. The van der Waals surface area contributed by atoms with E-state index in [1.807, 2.05) is 0 Å². The van der Waals surface area contributed by atoms with Crippen molar-refractivity contribution in [3.63, 3.8) is 0 Å². The summed E-state index contributed by atoms with van der Waals surface area (Å²) in [5, 5.41) is 13.7. The number of nitrogens with two attached hydrogens (primary N) is 1. The number of anilines is 2. The second-order valence-corrected chi connectivity index (χ2v) is 8.21. The molecule has 154 valence electrons. The largest absolute Gasteiger partial charge is 0.375 e. The zero-order valence-corrected chi connectivity index (χ0v) is 16.8. The molecule has 0 aliphatic heterocycles. The average molecular weight is 407 g/mol. The highest BCUT2D eigenvalue weighted by molar-refractivity contribution is 7.53. The first kappa shape index (κ1) is 23.0. The molecule has 0 amide bonds. The van der Waals surface area contributed by atoms with Crippen LogP contribution in [0.1, 0.15) is 34.6 Å². The summed E-state index contributed by atoms with van der Waals surface area (Å²) in [6, 6.07) is 0. The van der Waals surface area contributed by atoms with Gasteiger partial charge in [-0.25, -0.2) is 0 Å². The lowest BCUT2D eigenvalue weighted by Crippen LogP contribution is -2.25. The van der Waals surface area contributed by atoms with Crippen LogP contribution in [-0.4, -0.2) is 46.1 Å². The van der Waals surface area contributed by atoms with E-state index < -0.39 is 29.9 Å². The SMILES string of the molecule is CC(C)OP(=O)(CO[C@@H](C)CNc1nc(N)[nH]c(=O)c1[N+](=O)[O-])OC(C)C. The molecule has 0 unspecified atom stereocenters. The molecular formula is C14H26N5O7P. The predicted octanol–water partition coefficient (Wildman–Crippen LogP) is 2.08. The smallest absolute Gasteiger partial charge is 0.369 e. The van der Waals surface area contributed by atoms with Crippen LogP contribution in [0.25, 0.3) is 0 Å². The van der Waals surface area contributed by atoms with Crippen molar-refractivity contribution in [1.82, 2.24) is 9.97 Å². The lowest BCUT2D eigenvalue weighted by molar-refractivity contribution is -0.385. The van der Waals surface area contributed by atoms with Gasteiger partial charge in [-0.2, -0.15) is 4.98 Å². The summed E-state index contributed by atoms with van der Waals surface area (Å²) in [5.41, 5.74) is 3.69. The zero-order chi connectivity index (χ0) is 20.8. The Labute approximate surface area is 156 Å². The number of nitrogens with zero attached hydrogens (tertiary/aromatic N) is 2. The van der Waals surface area contributed by atoms with Crippen molar-refractivity contribution in [3.05, 3.63) is 20.5 Å². The van der Waals surface area contributed by atoms with E-state index in [0.29, 0.717) is 0 Å². The summed E-state index contributed by atoms with van der Waals surface area (Å²) in [7, 11) is -3.47. The van der Waals surface area contributed by atoms with Crippen LogP contribution in [0.4, 0.5) is 17.5 Å². The van der Waals surface area contributed by atoms with Crippen LogP contribution in [0.2, 0.25) is 0 Å². The number of rotatable bonds is 11. The fraction of sp³-hybridized carbons (Fsp3) is 0.714. The first-order chi connectivity index (χ1) is 12.4. The van der Waals surface area contributed by atoms with Crippen molar-refractivity contribution in [3.8, 4) is 0 Å². The van der Waals surface area contributed by atoms with Gasteiger partial charge in [0, 0.05) is 6.54 Å². The van der Waals surface area contributed by atoms with Crippen LogP contribution in [0.5, 0.6) is 0 Å². The summed E-state index contributed by atoms with van der Waals surface area (Å²) in [6.07, 6.45) is -1.49. The number of H-pyrrole nitrogens is 1. The van der Waals surface area contributed by atoms with E-state index in [2.05, 4.69) is 15.3 Å². The van der Waals surface area contributed by atoms with E-state index in [0.717, 1.165) is 0 Å². The van der Waals surface area contributed by atoms with Crippen LogP contribution in [0.3, 0.4) is 0 Å². The van der Waals surface area contributed by atoms with Gasteiger partial charge in [0.15, 0.2) is 0 Å². The van der Waals surface area contributed by atoms with E-state index in [9.17, 15) is 19.5 Å². The Bertz CT molecular complexity index is 738. The minimum atomic E-state index is -3.47. The van der Waals surface area contributed by atoms with Gasteiger partial charge in [-0.1, -0.05) is 0 Å². The first-order valence-corrected chi connectivity index (χ1v) is 10.0. The van der Waals surface area contributed by atoms with Crippen LogP contribution in [0, 0.1) is 10.1 Å². The van der Waals surface area contributed by atoms with Crippen molar-refractivity contribution in [1.29, 1.82) is 0 Å². The monoisotopic (exact) mass is 407 g/mol. The third-order valence-corrected chi connectivity index (χ3v) is 4.86. The van der Waals surface area contributed by atoms with Crippen LogP contribution in [0.15, 0.2) is 4.79 Å². The minimum absolute atomic E-state index is 0.0418. The third-order valence-electron chi connectivity index (χ3n) is 2.91. The van der Waals surface area contributed by atoms with Crippen LogP contribution < -0.4 is 16.6 Å². The fourth-order valence-electron chi connectivity index (χ4n) is 2.02. The molecule has 0 aliphatic rings. The Balaban J connectivity index is 2.75. The molecule has 0 saturated heterocycles. The number of nitrogen functional groups attached to an aromatic ring is 1. The minimum Gasteiger partial charge on any atom is -0.369 e. The maximum Gasteiger partial charge on any atom is 0.375 e. The van der Waals surface area contributed by atoms with Gasteiger partial charge in [0.2, 0.25) is 11.8 Å². The van der Waals surface area contributed by atoms with E-state index in [1.54, 1.807) is 34.6 Å². The lowest BCUT2D eigenvalue weighted by atomic mass is 10.4. The second-order valence-electron chi connectivity index (χ2n) is 6.31. The summed E-state index contributed by atoms with van der Waals surface area (Å²) in [5.74, 6) is -0.543. The molecule has 0 radical (unpaired) electrons. The van der Waals surface area contributed by atoms with Gasteiger partial charge in [-0.3, -0.25) is 24.5 Å². The summed E-state index contributed by atoms with van der Waals surface area (Å²) >= 11 is 0. The van der Waals surface area contributed by atoms with Crippen molar-refractivity contribution < 1.29 is 23.3 Å². The van der Waals surface area contributed by atoms with Crippen LogP contribution in [-0.2, 0) is 18.3 Å². The Morgan fingerprint density at radius 2 is 1.81 bits per heavy atom. The van der Waals surface area contributed by atoms with Crippen molar-refractivity contribution in [2.24, 2.45) is 0 Å². The lowest BCUT2D eigenvalue weighted by Gasteiger charge is -2.24. The topological polar surface area (TPSA) is 172 Å². The Hall–Kier alpha value is -2.01. The molecule has 4 N–H and O–H groups in total. The number of hydrogen-bond acceptors (Lipinski definition) is 10. The molecule has 0 fully saturated rings. The van der Waals surface area contributed by atoms with Crippen LogP contribution >= 0.6 is 7.60 Å². The van der Waals surface area contributed by atoms with Gasteiger partial charge >= 0.3 is 18.8 Å².